The zero-order valence-corrected chi connectivity index (χ0v) is 39.5. The van der Waals surface area contributed by atoms with E-state index >= 15 is 0 Å². The van der Waals surface area contributed by atoms with E-state index in [0.29, 0.717) is 0 Å². The number of rotatable bonds is 9. The minimum Gasteiger partial charge on any atom is -0.323 e. The molecule has 0 saturated heterocycles. The van der Waals surface area contributed by atoms with Gasteiger partial charge in [0.15, 0.2) is 0 Å². The quantitative estimate of drug-likeness (QED) is 0.143. The van der Waals surface area contributed by atoms with Crippen LogP contribution in [0.5, 0.6) is 0 Å². The number of aromatic nitrogens is 1. The van der Waals surface area contributed by atoms with Crippen LogP contribution in [0.4, 0.5) is 28.4 Å². The number of fused-ring (bicyclic) bond motifs is 9. The van der Waals surface area contributed by atoms with Gasteiger partial charge in [0.2, 0.25) is 0 Å². The molecule has 0 bridgehead atoms. The van der Waals surface area contributed by atoms with E-state index in [1.165, 1.54) is 75.4 Å². The van der Waals surface area contributed by atoms with Gasteiger partial charge in [-0.25, -0.2) is 0 Å². The summed E-state index contributed by atoms with van der Waals surface area (Å²) in [7, 11) is 0. The number of hydrogen-bond acceptors (Lipinski definition) is 3. The Kier molecular flexibility index (Phi) is 9.61. The van der Waals surface area contributed by atoms with Crippen LogP contribution in [0.3, 0.4) is 0 Å². The Hall–Kier alpha value is -8.96. The Balaban J connectivity index is 1.04. The summed E-state index contributed by atoms with van der Waals surface area (Å²) in [5.74, 6) is 0. The van der Waals surface area contributed by atoms with Crippen molar-refractivity contribution in [1.82, 2.24) is 4.57 Å². The van der Waals surface area contributed by atoms with Gasteiger partial charge in [-0.05, 0) is 124 Å². The van der Waals surface area contributed by atoms with Crippen molar-refractivity contribution in [2.45, 2.75) is 5.54 Å². The predicted octanol–water partition coefficient (Wildman–Crippen LogP) is 18.4. The molecular formula is C67H45N3S. The standard InChI is InChI=1S/C67H45N3S/c1-5-19-46(20-6-1)47-33-35-49(36-34-47)69-63-31-17-14-28-57(63)58-41-38-53(44-64(58)69)68(54-39-42-60-59-29-15-18-32-65(59)71-66(60)45-54)52-37-40-56-55-27-13-16-30-61(55)67(62(56)43-52,48-21-7-2-8-22-48)70(50-23-9-3-10-24-50)51-25-11-4-12-26-51/h1-45H. The van der Waals surface area contributed by atoms with Crippen molar-refractivity contribution >= 4 is 81.8 Å². The van der Waals surface area contributed by atoms with Crippen LogP contribution in [0.2, 0.25) is 0 Å². The molecule has 0 radical (unpaired) electrons. The summed E-state index contributed by atoms with van der Waals surface area (Å²) in [5, 5.41) is 5.01. The predicted molar refractivity (Wildman–Crippen MR) is 301 cm³/mol. The highest BCUT2D eigenvalue weighted by molar-refractivity contribution is 7.25. The highest BCUT2D eigenvalue weighted by Crippen LogP contribution is 2.59. The molecule has 3 nitrogen and oxygen atoms in total. The zero-order chi connectivity index (χ0) is 46.9. The van der Waals surface area contributed by atoms with Gasteiger partial charge in [0, 0.05) is 65.1 Å². The SMILES string of the molecule is c1ccc(-c2ccc(-n3c4ccccc4c4ccc(N(c5ccc6c(c5)C(c5ccccc5)(N(c5ccccc5)c5ccccc5)c5ccccc5-6)c5ccc6c(c5)sc5ccccc56)cc43)cc2)cc1. The molecule has 1 unspecified atom stereocenters. The smallest absolute Gasteiger partial charge is 0.122 e. The molecule has 0 saturated carbocycles. The summed E-state index contributed by atoms with van der Waals surface area (Å²) < 4.78 is 4.99. The average Bonchev–Trinajstić information content (AvgIpc) is 4.08. The van der Waals surface area contributed by atoms with Crippen molar-refractivity contribution in [3.8, 4) is 27.9 Å². The van der Waals surface area contributed by atoms with Gasteiger partial charge in [-0.2, -0.15) is 0 Å². The normalized spacial score (nSPS) is 14.0. The lowest BCUT2D eigenvalue weighted by atomic mass is 9.78. The number of thiophene rings is 1. The molecule has 1 aliphatic rings. The summed E-state index contributed by atoms with van der Waals surface area (Å²) in [4.78, 5) is 5.05. The van der Waals surface area contributed by atoms with Crippen molar-refractivity contribution in [3.05, 3.63) is 290 Å². The largest absolute Gasteiger partial charge is 0.323 e. The summed E-state index contributed by atoms with van der Waals surface area (Å²) in [5.41, 5.74) is 16.7. The van der Waals surface area contributed by atoms with Gasteiger partial charge in [-0.3, -0.25) is 0 Å². The molecule has 0 aliphatic heterocycles. The van der Waals surface area contributed by atoms with Gasteiger partial charge < -0.3 is 14.4 Å². The first-order valence-electron chi connectivity index (χ1n) is 24.3. The molecular weight excluding hydrogens is 879 g/mol. The molecule has 11 aromatic carbocycles. The Morgan fingerprint density at radius 1 is 0.324 bits per heavy atom. The number of anilines is 5. The monoisotopic (exact) mass is 923 g/mol. The van der Waals surface area contributed by atoms with Gasteiger partial charge in [0.1, 0.15) is 5.54 Å². The molecule has 71 heavy (non-hydrogen) atoms. The van der Waals surface area contributed by atoms with Crippen molar-refractivity contribution in [2.24, 2.45) is 0 Å². The first-order valence-corrected chi connectivity index (χ1v) is 25.1. The van der Waals surface area contributed by atoms with Gasteiger partial charge >= 0.3 is 0 Å². The summed E-state index contributed by atoms with van der Waals surface area (Å²) in [6, 6.07) is 101. The van der Waals surface area contributed by atoms with E-state index < -0.39 is 5.54 Å². The molecule has 0 amide bonds. The van der Waals surface area contributed by atoms with E-state index in [1.807, 2.05) is 11.3 Å². The fraction of sp³-hybridized carbons (Fsp3) is 0.0149. The maximum absolute atomic E-state index is 2.57. The van der Waals surface area contributed by atoms with E-state index in [2.05, 4.69) is 287 Å². The third kappa shape index (κ3) is 6.49. The minimum absolute atomic E-state index is 0.755. The first-order chi connectivity index (χ1) is 35.2. The van der Waals surface area contributed by atoms with E-state index in [-0.39, 0.29) is 0 Å². The molecule has 1 atom stereocenters. The van der Waals surface area contributed by atoms with Crippen molar-refractivity contribution in [2.75, 3.05) is 9.80 Å². The Morgan fingerprint density at radius 2 is 0.845 bits per heavy atom. The van der Waals surface area contributed by atoms with Crippen LogP contribution >= 0.6 is 11.3 Å². The molecule has 14 rings (SSSR count). The fourth-order valence-electron chi connectivity index (χ4n) is 11.5. The van der Waals surface area contributed by atoms with Gasteiger partial charge in [-0.15, -0.1) is 11.3 Å². The maximum atomic E-state index is 2.57. The molecule has 4 heteroatoms. The summed E-state index contributed by atoms with van der Waals surface area (Å²) >= 11 is 1.86. The van der Waals surface area contributed by atoms with Crippen LogP contribution in [-0.4, -0.2) is 4.57 Å². The average molecular weight is 924 g/mol. The molecule has 2 heterocycles. The third-order valence-corrected chi connectivity index (χ3v) is 15.7. The van der Waals surface area contributed by atoms with Crippen molar-refractivity contribution in [1.29, 1.82) is 0 Å². The fourth-order valence-corrected chi connectivity index (χ4v) is 12.7. The topological polar surface area (TPSA) is 11.4 Å². The van der Waals surface area contributed by atoms with Crippen LogP contribution in [0.25, 0.3) is 69.9 Å². The molecule has 2 aromatic heterocycles. The molecule has 0 N–H and O–H groups in total. The molecule has 0 fully saturated rings. The second-order valence-electron chi connectivity index (χ2n) is 18.4. The molecule has 0 spiro atoms. The Morgan fingerprint density at radius 3 is 1.59 bits per heavy atom. The molecule has 334 valence electrons. The minimum atomic E-state index is -0.755. The van der Waals surface area contributed by atoms with Crippen LogP contribution in [-0.2, 0) is 5.54 Å². The Labute approximate surface area is 417 Å². The van der Waals surface area contributed by atoms with Crippen molar-refractivity contribution in [3.63, 3.8) is 0 Å². The van der Waals surface area contributed by atoms with Crippen LogP contribution < -0.4 is 9.80 Å². The first kappa shape index (κ1) is 41.1. The lowest BCUT2D eigenvalue weighted by Crippen LogP contribution is -2.44. The lowest BCUT2D eigenvalue weighted by Gasteiger charge is -2.45. The van der Waals surface area contributed by atoms with Gasteiger partial charge in [-0.1, -0.05) is 188 Å². The molecule has 1 aliphatic carbocycles. The van der Waals surface area contributed by atoms with Crippen molar-refractivity contribution < 1.29 is 0 Å². The number of benzene rings is 11. The van der Waals surface area contributed by atoms with Crippen LogP contribution in [0.15, 0.2) is 273 Å². The number of hydrogen-bond donors (Lipinski definition) is 0. The van der Waals surface area contributed by atoms with Gasteiger partial charge in [0.05, 0.1) is 11.0 Å². The third-order valence-electron chi connectivity index (χ3n) is 14.6. The highest BCUT2D eigenvalue weighted by Gasteiger charge is 2.50. The van der Waals surface area contributed by atoms with Crippen LogP contribution in [0, 0.1) is 0 Å². The maximum Gasteiger partial charge on any atom is 0.122 e. The Bertz CT molecular complexity index is 4070. The zero-order valence-electron chi connectivity index (χ0n) is 38.7. The van der Waals surface area contributed by atoms with E-state index in [1.54, 1.807) is 0 Å². The van der Waals surface area contributed by atoms with E-state index in [9.17, 15) is 0 Å². The second kappa shape index (κ2) is 16.6. The second-order valence-corrected chi connectivity index (χ2v) is 19.5. The molecule has 13 aromatic rings. The van der Waals surface area contributed by atoms with E-state index in [4.69, 9.17) is 0 Å². The number of para-hydroxylation sites is 3. The lowest BCUT2D eigenvalue weighted by molar-refractivity contribution is 0.644. The van der Waals surface area contributed by atoms with Crippen LogP contribution in [0.1, 0.15) is 16.7 Å². The highest BCUT2D eigenvalue weighted by atomic mass is 32.1. The van der Waals surface area contributed by atoms with Gasteiger partial charge in [0.25, 0.3) is 0 Å². The number of nitrogens with zero attached hydrogens (tertiary/aromatic N) is 3. The van der Waals surface area contributed by atoms with E-state index in [0.717, 1.165) is 39.6 Å². The summed E-state index contributed by atoms with van der Waals surface area (Å²) in [6.07, 6.45) is 0. The summed E-state index contributed by atoms with van der Waals surface area (Å²) in [6.45, 7) is 0.